The van der Waals surface area contributed by atoms with Crippen LogP contribution in [0.25, 0.3) is 16.8 Å². The van der Waals surface area contributed by atoms with Crippen molar-refractivity contribution < 1.29 is 0 Å². The van der Waals surface area contributed by atoms with Gasteiger partial charge < -0.3 is 0 Å². The summed E-state index contributed by atoms with van der Waals surface area (Å²) in [6.07, 6.45) is 1.89. The summed E-state index contributed by atoms with van der Waals surface area (Å²) >= 11 is 0. The molecule has 0 N–H and O–H groups in total. The Balaban J connectivity index is 2.81. The lowest BCUT2D eigenvalue weighted by atomic mass is 10.0. The van der Waals surface area contributed by atoms with Crippen LogP contribution in [-0.2, 0) is 0 Å². The minimum atomic E-state index is 1.18. The van der Waals surface area contributed by atoms with Crippen LogP contribution >= 0.6 is 0 Å². The highest BCUT2D eigenvalue weighted by atomic mass is 14.0. The molecule has 0 saturated carbocycles. The molecule has 0 nitrogen and oxygen atoms in total. The first-order valence-corrected chi connectivity index (χ1v) is 4.84. The molecule has 0 spiro atoms. The van der Waals surface area contributed by atoms with Crippen LogP contribution < -0.4 is 0 Å². The molecule has 0 aliphatic carbocycles. The van der Waals surface area contributed by atoms with E-state index in [1.54, 1.807) is 0 Å². The van der Waals surface area contributed by atoms with Crippen molar-refractivity contribution in [3.63, 3.8) is 0 Å². The summed E-state index contributed by atoms with van der Waals surface area (Å²) in [5, 5.41) is 2.64. The second-order valence-electron chi connectivity index (χ2n) is 3.77. The lowest BCUT2D eigenvalue weighted by Gasteiger charge is -2.05. The van der Waals surface area contributed by atoms with Gasteiger partial charge in [0.15, 0.2) is 0 Å². The maximum Gasteiger partial charge on any atom is -0.0154 e. The Morgan fingerprint density at radius 3 is 2.57 bits per heavy atom. The van der Waals surface area contributed by atoms with E-state index in [1.807, 2.05) is 6.08 Å². The van der Waals surface area contributed by atoms with Crippen molar-refractivity contribution in [2.24, 2.45) is 0 Å². The molecule has 0 aliphatic heterocycles. The van der Waals surface area contributed by atoms with Crippen LogP contribution in [0.3, 0.4) is 0 Å². The van der Waals surface area contributed by atoms with Gasteiger partial charge in [0.2, 0.25) is 0 Å². The maximum atomic E-state index is 3.78. The fourth-order valence-corrected chi connectivity index (χ4v) is 1.89. The molecule has 2 aromatic rings. The van der Waals surface area contributed by atoms with Crippen LogP contribution in [0, 0.1) is 13.8 Å². The first kappa shape index (κ1) is 9.01. The molecule has 14 heavy (non-hydrogen) atoms. The van der Waals surface area contributed by atoms with Crippen molar-refractivity contribution in [3.05, 3.63) is 53.6 Å². The molecule has 2 rings (SSSR count). The second kappa shape index (κ2) is 3.30. The lowest BCUT2D eigenvalue weighted by molar-refractivity contribution is 1.43. The third kappa shape index (κ3) is 1.44. The average Bonchev–Trinajstić information content (AvgIpc) is 2.16. The van der Waals surface area contributed by atoms with E-state index in [1.165, 1.54) is 27.5 Å². The molecule has 70 valence electrons. The summed E-state index contributed by atoms with van der Waals surface area (Å²) < 4.78 is 0. The highest BCUT2D eigenvalue weighted by Gasteiger charge is 1.98. The minimum Gasteiger partial charge on any atom is -0.0985 e. The molecule has 0 radical (unpaired) electrons. The van der Waals surface area contributed by atoms with Crippen molar-refractivity contribution in [2.75, 3.05) is 0 Å². The molecule has 0 saturated heterocycles. The summed E-state index contributed by atoms with van der Waals surface area (Å²) in [5.74, 6) is 0. The average molecular weight is 182 g/mol. The van der Waals surface area contributed by atoms with E-state index >= 15 is 0 Å². The van der Waals surface area contributed by atoms with E-state index in [9.17, 15) is 0 Å². The van der Waals surface area contributed by atoms with E-state index in [2.05, 4.69) is 50.8 Å². The molecule has 0 aliphatic rings. The van der Waals surface area contributed by atoms with E-state index in [0.717, 1.165) is 0 Å². The third-order valence-corrected chi connectivity index (χ3v) is 2.56. The van der Waals surface area contributed by atoms with Gasteiger partial charge in [-0.05, 0) is 41.8 Å². The topological polar surface area (TPSA) is 0 Å². The zero-order chi connectivity index (χ0) is 10.1. The van der Waals surface area contributed by atoms with Crippen molar-refractivity contribution in [3.8, 4) is 0 Å². The largest absolute Gasteiger partial charge is 0.0985 e. The molecule has 0 amide bonds. The summed E-state index contributed by atoms with van der Waals surface area (Å²) in [6.45, 7) is 8.07. The predicted molar refractivity (Wildman–Crippen MR) is 63.5 cm³/mol. The van der Waals surface area contributed by atoms with Crippen molar-refractivity contribution in [1.82, 2.24) is 0 Å². The van der Waals surface area contributed by atoms with Gasteiger partial charge in [0.25, 0.3) is 0 Å². The summed E-state index contributed by atoms with van der Waals surface area (Å²) in [4.78, 5) is 0. The van der Waals surface area contributed by atoms with Crippen LogP contribution in [0.1, 0.15) is 16.7 Å². The van der Waals surface area contributed by atoms with Crippen molar-refractivity contribution in [1.29, 1.82) is 0 Å². The zero-order valence-corrected chi connectivity index (χ0v) is 8.67. The zero-order valence-electron chi connectivity index (χ0n) is 8.67. The quantitative estimate of drug-likeness (QED) is 0.623. The highest BCUT2D eigenvalue weighted by Crippen LogP contribution is 2.22. The number of hydrogen-bond acceptors (Lipinski definition) is 0. The molecule has 0 heterocycles. The second-order valence-corrected chi connectivity index (χ2v) is 3.77. The van der Waals surface area contributed by atoms with Gasteiger partial charge in [0.05, 0.1) is 0 Å². The van der Waals surface area contributed by atoms with Gasteiger partial charge >= 0.3 is 0 Å². The SMILES string of the molecule is C=Cc1ccc2c(C)cc(C)cc2c1. The number of benzene rings is 2. The number of aryl methyl sites for hydroxylation is 2. The van der Waals surface area contributed by atoms with Crippen molar-refractivity contribution in [2.45, 2.75) is 13.8 Å². The number of fused-ring (bicyclic) bond motifs is 1. The van der Waals surface area contributed by atoms with Gasteiger partial charge in [-0.15, -0.1) is 0 Å². The Bertz CT molecular complexity index is 493. The first-order valence-electron chi connectivity index (χ1n) is 4.84. The summed E-state index contributed by atoms with van der Waals surface area (Å²) in [5.41, 5.74) is 3.84. The van der Waals surface area contributed by atoms with Gasteiger partial charge in [-0.2, -0.15) is 0 Å². The van der Waals surface area contributed by atoms with Gasteiger partial charge in [0, 0.05) is 0 Å². The number of rotatable bonds is 1. The highest BCUT2D eigenvalue weighted by molar-refractivity contribution is 5.88. The molecule has 2 aromatic carbocycles. The molecular formula is C14H14. The van der Waals surface area contributed by atoms with Crippen LogP contribution in [0.4, 0.5) is 0 Å². The fraction of sp³-hybridized carbons (Fsp3) is 0.143. The predicted octanol–water partition coefficient (Wildman–Crippen LogP) is 4.10. The van der Waals surface area contributed by atoms with Crippen LogP contribution in [0.2, 0.25) is 0 Å². The molecule has 0 aromatic heterocycles. The van der Waals surface area contributed by atoms with Crippen molar-refractivity contribution >= 4 is 16.8 Å². The third-order valence-electron chi connectivity index (χ3n) is 2.56. The van der Waals surface area contributed by atoms with Gasteiger partial charge in [-0.3, -0.25) is 0 Å². The normalized spacial score (nSPS) is 10.4. The first-order chi connectivity index (χ1) is 6.70. The summed E-state index contributed by atoms with van der Waals surface area (Å²) in [6, 6.07) is 10.9. The van der Waals surface area contributed by atoms with Crippen LogP contribution in [0.5, 0.6) is 0 Å². The van der Waals surface area contributed by atoms with Gasteiger partial charge in [-0.1, -0.05) is 42.5 Å². The molecule has 0 heteroatoms. The summed E-state index contributed by atoms with van der Waals surface area (Å²) in [7, 11) is 0. The Hall–Kier alpha value is -1.56. The molecular weight excluding hydrogens is 168 g/mol. The van der Waals surface area contributed by atoms with Crippen LogP contribution in [0.15, 0.2) is 36.9 Å². The van der Waals surface area contributed by atoms with E-state index in [0.29, 0.717) is 0 Å². The smallest absolute Gasteiger partial charge is 0.0154 e. The van der Waals surface area contributed by atoms with E-state index in [-0.39, 0.29) is 0 Å². The fourth-order valence-electron chi connectivity index (χ4n) is 1.89. The monoisotopic (exact) mass is 182 g/mol. The lowest BCUT2D eigenvalue weighted by Crippen LogP contribution is -1.82. The maximum absolute atomic E-state index is 3.78. The minimum absolute atomic E-state index is 1.18. The van der Waals surface area contributed by atoms with Crippen LogP contribution in [-0.4, -0.2) is 0 Å². The Morgan fingerprint density at radius 1 is 1.07 bits per heavy atom. The molecule has 0 atom stereocenters. The standard InChI is InChI=1S/C14H14/c1-4-12-5-6-14-11(3)7-10(2)8-13(14)9-12/h4-9H,1H2,2-3H3. The molecule has 0 fully saturated rings. The molecule has 0 bridgehead atoms. The molecule has 0 unspecified atom stereocenters. The van der Waals surface area contributed by atoms with E-state index < -0.39 is 0 Å². The Labute approximate surface area is 84.9 Å². The van der Waals surface area contributed by atoms with Gasteiger partial charge in [0.1, 0.15) is 0 Å². The van der Waals surface area contributed by atoms with Gasteiger partial charge in [-0.25, -0.2) is 0 Å². The Kier molecular flexibility index (Phi) is 2.12. The number of hydrogen-bond donors (Lipinski definition) is 0. The Morgan fingerprint density at radius 2 is 1.86 bits per heavy atom. The van der Waals surface area contributed by atoms with E-state index in [4.69, 9.17) is 0 Å².